The van der Waals surface area contributed by atoms with E-state index in [0.29, 0.717) is 30.4 Å². The summed E-state index contributed by atoms with van der Waals surface area (Å²) >= 11 is 0. The lowest BCUT2D eigenvalue weighted by atomic mass is 10.3. The third kappa shape index (κ3) is 4.53. The van der Waals surface area contributed by atoms with E-state index in [9.17, 15) is 8.42 Å². The van der Waals surface area contributed by atoms with Gasteiger partial charge in [-0.1, -0.05) is 6.92 Å². The zero-order valence-corrected chi connectivity index (χ0v) is 12.6. The molecule has 5 N–H and O–H groups in total. The fraction of sp³-hybridized carbons (Fsp3) is 0.545. The van der Waals surface area contributed by atoms with E-state index in [4.69, 9.17) is 5.14 Å². The van der Waals surface area contributed by atoms with Gasteiger partial charge in [-0.05, 0) is 12.8 Å². The molecule has 0 aliphatic carbocycles. The molecule has 2 heterocycles. The average molecular weight is 313 g/mol. The molecule has 9 nitrogen and oxygen atoms in total. The van der Waals surface area contributed by atoms with Gasteiger partial charge in [0.2, 0.25) is 16.0 Å². The molecule has 10 heteroatoms. The minimum absolute atomic E-state index is 0.0689. The lowest BCUT2D eigenvalue weighted by molar-refractivity contribution is 0.596. The summed E-state index contributed by atoms with van der Waals surface area (Å²) in [7, 11) is -3.43. The molecule has 0 radical (unpaired) electrons. The van der Waals surface area contributed by atoms with Crippen LogP contribution in [-0.2, 0) is 10.0 Å². The van der Waals surface area contributed by atoms with Crippen molar-refractivity contribution in [3.63, 3.8) is 0 Å². The van der Waals surface area contributed by atoms with Crippen molar-refractivity contribution < 1.29 is 8.42 Å². The van der Waals surface area contributed by atoms with Crippen LogP contribution in [0, 0.1) is 0 Å². The van der Waals surface area contributed by atoms with Gasteiger partial charge in [-0.3, -0.25) is 5.10 Å². The summed E-state index contributed by atoms with van der Waals surface area (Å²) in [5.41, 5.74) is 0.623. The Morgan fingerprint density at radius 2 is 2.10 bits per heavy atom. The number of nitrogens with one attached hydrogen (secondary N) is 3. The van der Waals surface area contributed by atoms with Crippen LogP contribution in [-0.4, -0.2) is 47.4 Å². The van der Waals surface area contributed by atoms with Crippen LogP contribution >= 0.6 is 0 Å². The van der Waals surface area contributed by atoms with E-state index in [1.807, 2.05) is 6.92 Å². The number of primary sulfonamides is 1. The molecule has 0 unspecified atom stereocenters. The number of nitrogens with two attached hydrogens (primary N) is 1. The maximum Gasteiger partial charge on any atom is 0.226 e. The average Bonchev–Trinajstić information content (AvgIpc) is 2.88. The van der Waals surface area contributed by atoms with Gasteiger partial charge in [-0.2, -0.15) is 15.1 Å². The van der Waals surface area contributed by atoms with E-state index in [0.717, 1.165) is 18.4 Å². The Morgan fingerprint density at radius 1 is 1.29 bits per heavy atom. The smallest absolute Gasteiger partial charge is 0.226 e. The van der Waals surface area contributed by atoms with Crippen LogP contribution in [0.1, 0.15) is 19.8 Å². The van der Waals surface area contributed by atoms with Gasteiger partial charge in [0.15, 0.2) is 5.65 Å². The van der Waals surface area contributed by atoms with E-state index in [1.54, 1.807) is 6.20 Å². The maximum atomic E-state index is 10.9. The van der Waals surface area contributed by atoms with Gasteiger partial charge in [0, 0.05) is 13.1 Å². The fourth-order valence-corrected chi connectivity index (χ4v) is 2.31. The topological polar surface area (TPSA) is 139 Å². The molecule has 116 valence electrons. The van der Waals surface area contributed by atoms with E-state index >= 15 is 0 Å². The Labute approximate surface area is 122 Å². The summed E-state index contributed by atoms with van der Waals surface area (Å²) in [6.45, 7) is 3.26. The molecule has 21 heavy (non-hydrogen) atoms. The highest BCUT2D eigenvalue weighted by Crippen LogP contribution is 2.19. The first-order valence-corrected chi connectivity index (χ1v) is 8.40. The van der Waals surface area contributed by atoms with Crippen molar-refractivity contribution >= 4 is 32.8 Å². The van der Waals surface area contributed by atoms with E-state index in [-0.39, 0.29) is 5.75 Å². The predicted octanol–water partition coefficient (Wildman–Crippen LogP) is 0.265. The monoisotopic (exact) mass is 313 g/mol. The van der Waals surface area contributed by atoms with Crippen molar-refractivity contribution in [3.8, 4) is 0 Å². The number of hydrogen-bond acceptors (Lipinski definition) is 7. The molecular weight excluding hydrogens is 294 g/mol. The maximum absolute atomic E-state index is 10.9. The first-order chi connectivity index (χ1) is 9.99. The SMILES string of the molecule is CCCNc1nc(NCCCS(N)(=O)=O)c2cn[nH]c2n1. The summed E-state index contributed by atoms with van der Waals surface area (Å²) < 4.78 is 21.8. The number of rotatable bonds is 8. The van der Waals surface area contributed by atoms with Crippen LogP contribution in [0.4, 0.5) is 11.8 Å². The van der Waals surface area contributed by atoms with Crippen LogP contribution in [0.2, 0.25) is 0 Å². The fourth-order valence-electron chi connectivity index (χ4n) is 1.77. The van der Waals surface area contributed by atoms with Gasteiger partial charge in [-0.15, -0.1) is 0 Å². The van der Waals surface area contributed by atoms with Gasteiger partial charge >= 0.3 is 0 Å². The molecule has 0 bridgehead atoms. The zero-order valence-electron chi connectivity index (χ0n) is 11.8. The number of hydrogen-bond donors (Lipinski definition) is 4. The Kier molecular flexibility index (Phi) is 4.91. The van der Waals surface area contributed by atoms with Gasteiger partial charge in [0.1, 0.15) is 5.82 Å². The molecule has 2 rings (SSSR count). The first kappa shape index (κ1) is 15.4. The minimum Gasteiger partial charge on any atom is -0.369 e. The van der Waals surface area contributed by atoms with E-state index < -0.39 is 10.0 Å². The summed E-state index contributed by atoms with van der Waals surface area (Å²) in [4.78, 5) is 8.68. The Morgan fingerprint density at radius 3 is 2.81 bits per heavy atom. The summed E-state index contributed by atoms with van der Waals surface area (Å²) in [5.74, 6) is 1.05. The van der Waals surface area contributed by atoms with Crippen molar-refractivity contribution in [2.45, 2.75) is 19.8 Å². The second kappa shape index (κ2) is 6.68. The Hall–Kier alpha value is -1.94. The molecule has 0 atom stereocenters. The summed E-state index contributed by atoms with van der Waals surface area (Å²) in [5, 5.41) is 18.7. The Balaban J connectivity index is 2.08. The number of H-pyrrole nitrogens is 1. The number of aromatic nitrogens is 4. The number of sulfonamides is 1. The number of nitrogens with zero attached hydrogens (tertiary/aromatic N) is 3. The quantitative estimate of drug-likeness (QED) is 0.513. The highest BCUT2D eigenvalue weighted by atomic mass is 32.2. The molecule has 0 saturated heterocycles. The zero-order chi connectivity index (χ0) is 15.3. The molecule has 0 aromatic carbocycles. The van der Waals surface area contributed by atoms with Gasteiger partial charge in [0.05, 0.1) is 17.3 Å². The predicted molar refractivity (Wildman–Crippen MR) is 81.5 cm³/mol. The van der Waals surface area contributed by atoms with Crippen molar-refractivity contribution in [1.29, 1.82) is 0 Å². The molecule has 2 aromatic rings. The van der Waals surface area contributed by atoms with E-state index in [1.165, 1.54) is 0 Å². The standard InChI is InChI=1S/C11H19N7O2S/c1-2-4-14-11-16-9(8-7-15-18-10(8)17-11)13-5-3-6-21(12,19)20/h7H,2-6H2,1H3,(H2,12,19,20)(H3,13,14,15,16,17,18). The second-order valence-electron chi connectivity index (χ2n) is 4.60. The molecule has 0 spiro atoms. The van der Waals surface area contributed by atoms with Crippen molar-refractivity contribution in [2.75, 3.05) is 29.5 Å². The third-order valence-corrected chi connectivity index (χ3v) is 3.60. The molecular formula is C11H19N7O2S. The lowest BCUT2D eigenvalue weighted by Crippen LogP contribution is -2.19. The summed E-state index contributed by atoms with van der Waals surface area (Å²) in [6.07, 6.45) is 2.99. The second-order valence-corrected chi connectivity index (χ2v) is 6.34. The van der Waals surface area contributed by atoms with Crippen molar-refractivity contribution in [2.24, 2.45) is 5.14 Å². The summed E-state index contributed by atoms with van der Waals surface area (Å²) in [6, 6.07) is 0. The molecule has 0 amide bonds. The van der Waals surface area contributed by atoms with E-state index in [2.05, 4.69) is 30.8 Å². The highest BCUT2D eigenvalue weighted by Gasteiger charge is 2.09. The molecule has 0 aliphatic rings. The lowest BCUT2D eigenvalue weighted by Gasteiger charge is -2.09. The highest BCUT2D eigenvalue weighted by molar-refractivity contribution is 7.89. The van der Waals surface area contributed by atoms with Crippen molar-refractivity contribution in [1.82, 2.24) is 20.2 Å². The van der Waals surface area contributed by atoms with Gasteiger partial charge in [-0.25, -0.2) is 13.6 Å². The first-order valence-electron chi connectivity index (χ1n) is 6.69. The van der Waals surface area contributed by atoms with Crippen LogP contribution in [0.5, 0.6) is 0 Å². The Bertz CT molecular complexity index is 698. The largest absolute Gasteiger partial charge is 0.369 e. The normalized spacial score (nSPS) is 11.7. The van der Waals surface area contributed by atoms with Crippen LogP contribution in [0.3, 0.4) is 0 Å². The van der Waals surface area contributed by atoms with Crippen molar-refractivity contribution in [3.05, 3.63) is 6.20 Å². The van der Waals surface area contributed by atoms with Gasteiger partial charge < -0.3 is 10.6 Å². The van der Waals surface area contributed by atoms with Crippen LogP contribution < -0.4 is 15.8 Å². The van der Waals surface area contributed by atoms with Crippen LogP contribution in [0.15, 0.2) is 6.20 Å². The molecule has 0 fully saturated rings. The minimum atomic E-state index is -3.43. The number of anilines is 2. The molecule has 0 aliphatic heterocycles. The van der Waals surface area contributed by atoms with Crippen LogP contribution in [0.25, 0.3) is 11.0 Å². The van der Waals surface area contributed by atoms with Gasteiger partial charge in [0.25, 0.3) is 0 Å². The molecule has 0 saturated carbocycles. The molecule has 2 aromatic heterocycles. The number of aromatic amines is 1. The third-order valence-electron chi connectivity index (χ3n) is 2.74. The number of fused-ring (bicyclic) bond motifs is 1.